The Balaban J connectivity index is 2.61. The summed E-state index contributed by atoms with van der Waals surface area (Å²) in [6.07, 6.45) is 8.10. The molecule has 0 radical (unpaired) electrons. The van der Waals surface area contributed by atoms with Gasteiger partial charge in [-0.1, -0.05) is 25.7 Å². The molecule has 1 heterocycles. The summed E-state index contributed by atoms with van der Waals surface area (Å²) in [5.74, 6) is -0.820. The molecule has 0 spiro atoms. The molecule has 1 aromatic rings. The Kier molecular flexibility index (Phi) is 6.18. The van der Waals surface area contributed by atoms with Crippen molar-refractivity contribution in [2.45, 2.75) is 40.2 Å². The van der Waals surface area contributed by atoms with Gasteiger partial charge in [-0.15, -0.1) is 0 Å². The fraction of sp³-hybridized carbons (Fsp3) is 0.333. The first-order chi connectivity index (χ1) is 13.2. The lowest BCUT2D eigenvalue weighted by Gasteiger charge is -2.28. The maximum Gasteiger partial charge on any atom is 0.329 e. The van der Waals surface area contributed by atoms with Crippen LogP contribution in [0.25, 0.3) is 11.6 Å². The maximum absolute atomic E-state index is 13.1. The van der Waals surface area contributed by atoms with Gasteiger partial charge in [-0.2, -0.15) is 0 Å². The van der Waals surface area contributed by atoms with Crippen molar-refractivity contribution in [3.8, 4) is 0 Å². The van der Waals surface area contributed by atoms with Gasteiger partial charge in [-0.3, -0.25) is 19.0 Å². The van der Waals surface area contributed by atoms with E-state index in [1.165, 1.54) is 25.2 Å². The number of H-pyrrole nitrogens is 1. The number of aromatic amines is 1. The summed E-state index contributed by atoms with van der Waals surface area (Å²) < 4.78 is 0.797. The molecule has 1 unspecified atom stereocenters. The first kappa shape index (κ1) is 21.1. The number of carbonyl (C=O) groups is 2. The van der Waals surface area contributed by atoms with Gasteiger partial charge in [0.1, 0.15) is 5.76 Å². The molecule has 1 aliphatic rings. The van der Waals surface area contributed by atoms with Crippen molar-refractivity contribution in [2.75, 3.05) is 0 Å². The molecule has 148 valence electrons. The van der Waals surface area contributed by atoms with Gasteiger partial charge in [-0.25, -0.2) is 4.79 Å². The van der Waals surface area contributed by atoms with Gasteiger partial charge in [0.2, 0.25) is 0 Å². The number of rotatable bonds is 7. The quantitative estimate of drug-likeness (QED) is 0.702. The van der Waals surface area contributed by atoms with Crippen molar-refractivity contribution >= 4 is 23.2 Å². The Labute approximate surface area is 162 Å². The smallest absolute Gasteiger partial charge is 0.329 e. The molecule has 2 N–H and O–H groups in total. The van der Waals surface area contributed by atoms with E-state index in [1.807, 2.05) is 0 Å². The molecule has 0 fully saturated rings. The van der Waals surface area contributed by atoms with Crippen LogP contribution in [0.4, 0.5) is 0 Å². The van der Waals surface area contributed by atoms with Crippen molar-refractivity contribution < 1.29 is 14.7 Å². The van der Waals surface area contributed by atoms with E-state index in [0.717, 1.165) is 4.57 Å². The van der Waals surface area contributed by atoms with E-state index in [2.05, 4.69) is 11.6 Å². The van der Waals surface area contributed by atoms with E-state index in [-0.39, 0.29) is 29.2 Å². The Bertz CT molecular complexity index is 1040. The third-order valence-electron chi connectivity index (χ3n) is 4.90. The molecule has 0 aliphatic heterocycles. The minimum Gasteiger partial charge on any atom is -0.511 e. The summed E-state index contributed by atoms with van der Waals surface area (Å²) >= 11 is 0. The largest absolute Gasteiger partial charge is 0.511 e. The number of aliphatic hydroxyl groups is 1. The van der Waals surface area contributed by atoms with Crippen LogP contribution >= 0.6 is 0 Å². The second-order valence-corrected chi connectivity index (χ2v) is 6.89. The third-order valence-corrected chi connectivity index (χ3v) is 4.90. The Morgan fingerprint density at radius 1 is 1.39 bits per heavy atom. The average molecular weight is 384 g/mol. The van der Waals surface area contributed by atoms with Crippen molar-refractivity contribution in [1.82, 2.24) is 9.55 Å². The second-order valence-electron chi connectivity index (χ2n) is 6.89. The fourth-order valence-corrected chi connectivity index (χ4v) is 3.12. The third kappa shape index (κ3) is 3.88. The number of hydrogen-bond donors (Lipinski definition) is 2. The van der Waals surface area contributed by atoms with E-state index < -0.39 is 29.0 Å². The molecular weight excluding hydrogens is 360 g/mol. The van der Waals surface area contributed by atoms with E-state index >= 15 is 0 Å². The molecule has 0 amide bonds. The summed E-state index contributed by atoms with van der Waals surface area (Å²) in [7, 11) is 0. The molecule has 2 rings (SSSR count). The number of Topliss-reactive ketones (excluding diaryl/α,β-unsaturated/α-hetero) is 1. The van der Waals surface area contributed by atoms with Crippen molar-refractivity contribution in [3.05, 3.63) is 68.7 Å². The zero-order valence-electron chi connectivity index (χ0n) is 16.2. The molecule has 1 aromatic heterocycles. The van der Waals surface area contributed by atoms with Crippen LogP contribution in [0.1, 0.15) is 44.9 Å². The molecule has 7 nitrogen and oxygen atoms in total. The van der Waals surface area contributed by atoms with E-state index in [1.54, 1.807) is 26.0 Å². The number of hydrogen-bond acceptors (Lipinski definition) is 5. The molecule has 0 bridgehead atoms. The predicted molar refractivity (Wildman–Crippen MR) is 108 cm³/mol. The lowest BCUT2D eigenvalue weighted by molar-refractivity contribution is -0.128. The summed E-state index contributed by atoms with van der Waals surface area (Å²) in [6, 6.07) is 0. The van der Waals surface area contributed by atoms with E-state index in [9.17, 15) is 24.3 Å². The topological polar surface area (TPSA) is 109 Å². The molecule has 0 saturated heterocycles. The zero-order valence-corrected chi connectivity index (χ0v) is 16.2. The van der Waals surface area contributed by atoms with Crippen LogP contribution in [0.5, 0.6) is 0 Å². The molecule has 0 aromatic carbocycles. The monoisotopic (exact) mass is 384 g/mol. The van der Waals surface area contributed by atoms with E-state index in [0.29, 0.717) is 12.0 Å². The zero-order chi connectivity index (χ0) is 21.1. The SMILES string of the molecule is C=Cc1[nH]c(=O)n(CC(=O)C2(C)CC=CC=C2O)c(=O)c1/C(=C\C(C)=O)CC. The fourth-order valence-electron chi connectivity index (χ4n) is 3.12. The van der Waals surface area contributed by atoms with E-state index in [4.69, 9.17) is 0 Å². The average Bonchev–Trinajstić information content (AvgIpc) is 2.65. The van der Waals surface area contributed by atoms with Gasteiger partial charge < -0.3 is 10.1 Å². The first-order valence-electron chi connectivity index (χ1n) is 8.96. The maximum atomic E-state index is 13.1. The summed E-state index contributed by atoms with van der Waals surface area (Å²) in [4.78, 5) is 52.4. The normalized spacial score (nSPS) is 19.2. The first-order valence-corrected chi connectivity index (χ1v) is 8.96. The van der Waals surface area contributed by atoms with Gasteiger partial charge in [0.15, 0.2) is 11.6 Å². The number of carbonyl (C=O) groups excluding carboxylic acids is 2. The molecule has 28 heavy (non-hydrogen) atoms. The summed E-state index contributed by atoms with van der Waals surface area (Å²) in [5.41, 5.74) is -1.87. The molecule has 0 saturated carbocycles. The lowest BCUT2D eigenvalue weighted by atomic mass is 9.78. The standard InChI is InChI=1S/C21H24N2O5/c1-5-14(11-13(3)24)18-15(6-2)22-20(28)23(19(18)27)12-17(26)21(4)10-8-7-9-16(21)25/h6-9,11,25H,2,5,10,12H2,1,3-4H3,(H,22,28)/b14-11-. The van der Waals surface area contributed by atoms with Gasteiger partial charge in [0, 0.05) is 0 Å². The predicted octanol–water partition coefficient (Wildman–Crippen LogP) is 2.54. The van der Waals surface area contributed by atoms with Crippen molar-refractivity contribution in [2.24, 2.45) is 5.41 Å². The van der Waals surface area contributed by atoms with Crippen LogP contribution in [0.2, 0.25) is 0 Å². The van der Waals surface area contributed by atoms with Crippen LogP contribution in [0, 0.1) is 5.41 Å². The lowest BCUT2D eigenvalue weighted by Crippen LogP contribution is -2.43. The Morgan fingerprint density at radius 3 is 2.61 bits per heavy atom. The summed E-state index contributed by atoms with van der Waals surface area (Å²) in [5, 5.41) is 10.1. The number of aliphatic hydroxyl groups excluding tert-OH is 1. The van der Waals surface area contributed by atoms with Gasteiger partial charge in [0.05, 0.1) is 23.2 Å². The van der Waals surface area contributed by atoms with Crippen LogP contribution < -0.4 is 11.2 Å². The molecular formula is C21H24N2O5. The van der Waals surface area contributed by atoms with Gasteiger partial charge >= 0.3 is 5.69 Å². The van der Waals surface area contributed by atoms with Crippen LogP contribution in [-0.4, -0.2) is 26.2 Å². The van der Waals surface area contributed by atoms with Crippen molar-refractivity contribution in [1.29, 1.82) is 0 Å². The van der Waals surface area contributed by atoms with Crippen LogP contribution in [0.15, 0.2) is 46.2 Å². The van der Waals surface area contributed by atoms with Crippen LogP contribution in [-0.2, 0) is 16.1 Å². The number of ketones is 2. The van der Waals surface area contributed by atoms with Gasteiger partial charge in [0.25, 0.3) is 5.56 Å². The molecule has 7 heteroatoms. The van der Waals surface area contributed by atoms with Crippen LogP contribution in [0.3, 0.4) is 0 Å². The Morgan fingerprint density at radius 2 is 2.07 bits per heavy atom. The molecule has 1 atom stereocenters. The highest BCUT2D eigenvalue weighted by Crippen LogP contribution is 2.34. The highest BCUT2D eigenvalue weighted by Gasteiger charge is 2.37. The number of nitrogens with one attached hydrogen (secondary N) is 1. The number of nitrogens with zero attached hydrogens (tertiary/aromatic N) is 1. The summed E-state index contributed by atoms with van der Waals surface area (Å²) in [6.45, 7) is 7.81. The minimum absolute atomic E-state index is 0.113. The highest BCUT2D eigenvalue weighted by atomic mass is 16.3. The number of allylic oxidation sites excluding steroid dienone is 6. The highest BCUT2D eigenvalue weighted by molar-refractivity contribution is 5.95. The molecule has 1 aliphatic carbocycles. The Hall–Kier alpha value is -3.22. The minimum atomic E-state index is -1.21. The van der Waals surface area contributed by atoms with Gasteiger partial charge in [-0.05, 0) is 50.5 Å². The second kappa shape index (κ2) is 8.21. The number of aromatic nitrogens is 2. The van der Waals surface area contributed by atoms with Crippen molar-refractivity contribution in [3.63, 3.8) is 0 Å².